The van der Waals surface area contributed by atoms with E-state index in [1.165, 1.54) is 7.11 Å². The van der Waals surface area contributed by atoms with Crippen molar-refractivity contribution in [1.29, 1.82) is 0 Å². The van der Waals surface area contributed by atoms with Crippen molar-refractivity contribution in [2.24, 2.45) is 5.73 Å². The van der Waals surface area contributed by atoms with Crippen LogP contribution in [0.1, 0.15) is 66.2 Å². The zero-order chi connectivity index (χ0) is 27.0. The quantitative estimate of drug-likeness (QED) is 0.286. The van der Waals surface area contributed by atoms with E-state index in [-0.39, 0.29) is 37.8 Å². The number of hydrogen-bond donors (Lipinski definition) is 3. The Morgan fingerprint density at radius 2 is 1.84 bits per heavy atom. The Balaban J connectivity index is 1.85. The molecule has 0 amide bonds. The first-order valence-electron chi connectivity index (χ1n) is 12.7. The number of carbonyl (C=O) groups is 1. The molecule has 0 aliphatic carbocycles. The lowest BCUT2D eigenvalue weighted by Crippen LogP contribution is -2.24. The van der Waals surface area contributed by atoms with Gasteiger partial charge in [-0.05, 0) is 75.0 Å². The van der Waals surface area contributed by atoms with E-state index in [4.69, 9.17) is 25.3 Å². The maximum absolute atomic E-state index is 13.0. The first-order chi connectivity index (χ1) is 17.7. The van der Waals surface area contributed by atoms with E-state index in [1.807, 2.05) is 37.3 Å². The minimum absolute atomic E-state index is 0.120. The van der Waals surface area contributed by atoms with Crippen LogP contribution < -0.4 is 15.2 Å². The Labute approximate surface area is 219 Å². The molecule has 37 heavy (non-hydrogen) atoms. The molecule has 2 atom stereocenters. The summed E-state index contributed by atoms with van der Waals surface area (Å²) in [5.41, 5.74) is 9.46. The third kappa shape index (κ3) is 7.38. The fourth-order valence-electron chi connectivity index (χ4n) is 4.15. The fourth-order valence-corrected chi connectivity index (χ4v) is 4.15. The predicted octanol–water partition coefficient (Wildman–Crippen LogP) is 4.76. The molecule has 0 bridgehead atoms. The summed E-state index contributed by atoms with van der Waals surface area (Å²) >= 11 is 0. The Kier molecular flexibility index (Phi) is 9.80. The summed E-state index contributed by atoms with van der Waals surface area (Å²) in [7, 11) is 1.50. The molecule has 0 aliphatic rings. The van der Waals surface area contributed by atoms with Gasteiger partial charge in [0.1, 0.15) is 12.2 Å². The van der Waals surface area contributed by atoms with E-state index in [1.54, 1.807) is 25.1 Å². The number of aliphatic hydroxyl groups excluding tert-OH is 1. The topological polar surface area (TPSA) is 115 Å². The summed E-state index contributed by atoms with van der Waals surface area (Å²) in [5.74, 6) is 0.944. The molecule has 0 fully saturated rings. The van der Waals surface area contributed by atoms with Crippen molar-refractivity contribution in [3.8, 4) is 22.8 Å². The second-order valence-electron chi connectivity index (χ2n) is 9.65. The predicted molar refractivity (Wildman–Crippen MR) is 145 cm³/mol. The average Bonchev–Trinajstić information content (AvgIpc) is 2.90. The van der Waals surface area contributed by atoms with Crippen LogP contribution in [0.25, 0.3) is 11.3 Å². The molecule has 0 spiro atoms. The molecule has 7 heteroatoms. The summed E-state index contributed by atoms with van der Waals surface area (Å²) in [6.45, 7) is 6.43. The van der Waals surface area contributed by atoms with Gasteiger partial charge in [-0.15, -0.1) is 0 Å². The number of ketones is 1. The number of aromatic nitrogens is 1. The molecular formula is C30H38N2O5. The van der Waals surface area contributed by atoms with Crippen LogP contribution in [-0.4, -0.2) is 47.8 Å². The molecule has 0 radical (unpaired) electrons. The van der Waals surface area contributed by atoms with Crippen LogP contribution in [0, 0.1) is 6.92 Å². The van der Waals surface area contributed by atoms with E-state index in [9.17, 15) is 9.90 Å². The first-order valence-corrected chi connectivity index (χ1v) is 12.7. The number of nitrogens with two attached hydrogens (primary N) is 1. The minimum atomic E-state index is -1.32. The largest absolute Gasteiger partial charge is 0.493 e. The van der Waals surface area contributed by atoms with E-state index >= 15 is 0 Å². The van der Waals surface area contributed by atoms with Crippen LogP contribution in [-0.2, 0) is 5.60 Å². The first kappa shape index (κ1) is 28.3. The lowest BCUT2D eigenvalue weighted by atomic mass is 9.89. The standard InChI is InChI=1S/C30H38N2O5/c1-20-5-7-22(8-6-20)25-17-24(21(2)12-14-31)19-29(32-25)30(3,35)13-11-26(34)23-9-10-27(37-16-15-33)28(18-23)36-4/h5-10,17-19,21,33,35H,11-16,31H2,1-4H3. The van der Waals surface area contributed by atoms with Gasteiger partial charge in [0.25, 0.3) is 0 Å². The SMILES string of the molecule is COc1cc(C(=O)CCC(C)(O)c2cc(C(C)CCN)cc(-c3ccc(C)cc3)n2)ccc1OCCO. The number of nitrogens with zero attached hydrogens (tertiary/aromatic N) is 1. The molecule has 4 N–H and O–H groups in total. The van der Waals surface area contributed by atoms with Crippen LogP contribution >= 0.6 is 0 Å². The summed E-state index contributed by atoms with van der Waals surface area (Å²) < 4.78 is 10.8. The van der Waals surface area contributed by atoms with Crippen LogP contribution in [0.2, 0.25) is 0 Å². The third-order valence-corrected chi connectivity index (χ3v) is 6.59. The highest BCUT2D eigenvalue weighted by atomic mass is 16.5. The van der Waals surface area contributed by atoms with Gasteiger partial charge < -0.3 is 25.4 Å². The summed E-state index contributed by atoms with van der Waals surface area (Å²) in [4.78, 5) is 17.8. The highest BCUT2D eigenvalue weighted by Gasteiger charge is 2.28. The number of Topliss-reactive ketones (excluding diaryl/α,β-unsaturated/α-hetero) is 1. The van der Waals surface area contributed by atoms with Crippen molar-refractivity contribution in [2.45, 2.75) is 51.6 Å². The van der Waals surface area contributed by atoms with Crippen molar-refractivity contribution in [2.75, 3.05) is 26.9 Å². The second-order valence-corrected chi connectivity index (χ2v) is 9.65. The van der Waals surface area contributed by atoms with Gasteiger partial charge in [0.05, 0.1) is 25.1 Å². The number of aliphatic hydroxyl groups is 2. The highest BCUT2D eigenvalue weighted by molar-refractivity contribution is 5.96. The summed E-state index contributed by atoms with van der Waals surface area (Å²) in [6.07, 6.45) is 1.14. The van der Waals surface area contributed by atoms with E-state index in [0.29, 0.717) is 29.3 Å². The third-order valence-electron chi connectivity index (χ3n) is 6.59. The van der Waals surface area contributed by atoms with Gasteiger partial charge in [0, 0.05) is 17.5 Å². The van der Waals surface area contributed by atoms with Gasteiger partial charge in [-0.1, -0.05) is 36.8 Å². The Bertz CT molecular complexity index is 1190. The van der Waals surface area contributed by atoms with Crippen LogP contribution in [0.4, 0.5) is 0 Å². The molecule has 1 aromatic heterocycles. The van der Waals surface area contributed by atoms with Crippen molar-refractivity contribution in [1.82, 2.24) is 4.98 Å². The zero-order valence-electron chi connectivity index (χ0n) is 22.2. The summed E-state index contributed by atoms with van der Waals surface area (Å²) in [6, 6.07) is 17.0. The van der Waals surface area contributed by atoms with Crippen LogP contribution in [0.5, 0.6) is 11.5 Å². The Hall–Kier alpha value is -3.26. The van der Waals surface area contributed by atoms with E-state index < -0.39 is 5.60 Å². The molecule has 2 aromatic carbocycles. The van der Waals surface area contributed by atoms with Crippen molar-refractivity contribution >= 4 is 5.78 Å². The molecule has 198 valence electrons. The van der Waals surface area contributed by atoms with Crippen LogP contribution in [0.15, 0.2) is 54.6 Å². The maximum atomic E-state index is 13.0. The van der Waals surface area contributed by atoms with Gasteiger partial charge in [-0.2, -0.15) is 0 Å². The number of benzene rings is 2. The smallest absolute Gasteiger partial charge is 0.163 e. The summed E-state index contributed by atoms with van der Waals surface area (Å²) in [5, 5.41) is 20.5. The van der Waals surface area contributed by atoms with Crippen LogP contribution in [0.3, 0.4) is 0 Å². The molecule has 2 unspecified atom stereocenters. The molecule has 0 saturated heterocycles. The van der Waals surface area contributed by atoms with Gasteiger partial charge in [-0.3, -0.25) is 4.79 Å². The lowest BCUT2D eigenvalue weighted by Gasteiger charge is -2.25. The number of rotatable bonds is 13. The van der Waals surface area contributed by atoms with Crippen molar-refractivity contribution < 1.29 is 24.5 Å². The molecule has 0 saturated carbocycles. The van der Waals surface area contributed by atoms with E-state index in [0.717, 1.165) is 28.8 Å². The molecule has 3 aromatic rings. The average molecular weight is 507 g/mol. The van der Waals surface area contributed by atoms with Gasteiger partial charge in [0.15, 0.2) is 17.3 Å². The second kappa shape index (κ2) is 12.8. The van der Waals surface area contributed by atoms with Gasteiger partial charge in [-0.25, -0.2) is 4.98 Å². The number of hydrogen-bond acceptors (Lipinski definition) is 7. The van der Waals surface area contributed by atoms with E-state index in [2.05, 4.69) is 13.0 Å². The monoisotopic (exact) mass is 506 g/mol. The molecule has 1 heterocycles. The van der Waals surface area contributed by atoms with Gasteiger partial charge in [0.2, 0.25) is 0 Å². The Morgan fingerprint density at radius 1 is 1.11 bits per heavy atom. The lowest BCUT2D eigenvalue weighted by molar-refractivity contribution is 0.0397. The van der Waals surface area contributed by atoms with Crippen molar-refractivity contribution in [3.05, 3.63) is 77.0 Å². The fraction of sp³-hybridized carbons (Fsp3) is 0.400. The molecule has 0 aliphatic heterocycles. The number of carbonyl (C=O) groups excluding carboxylic acids is 1. The Morgan fingerprint density at radius 3 is 2.49 bits per heavy atom. The zero-order valence-corrected chi connectivity index (χ0v) is 22.2. The highest BCUT2D eigenvalue weighted by Crippen LogP contribution is 2.33. The number of pyridine rings is 1. The number of aryl methyl sites for hydroxylation is 1. The number of ether oxygens (including phenoxy) is 2. The molecule has 7 nitrogen and oxygen atoms in total. The number of methoxy groups -OCH3 is 1. The molecular weight excluding hydrogens is 468 g/mol. The molecule has 3 rings (SSSR count). The van der Waals surface area contributed by atoms with Gasteiger partial charge >= 0.3 is 0 Å². The van der Waals surface area contributed by atoms with Crippen molar-refractivity contribution in [3.63, 3.8) is 0 Å². The minimum Gasteiger partial charge on any atom is -0.493 e. The maximum Gasteiger partial charge on any atom is 0.163 e. The normalized spacial score (nSPS) is 13.6.